The van der Waals surface area contributed by atoms with Gasteiger partial charge in [-0.1, -0.05) is 17.3 Å². The number of hydrogen-bond acceptors (Lipinski definition) is 4. The second-order valence-corrected chi connectivity index (χ2v) is 3.81. The van der Waals surface area contributed by atoms with Crippen molar-refractivity contribution in [1.82, 2.24) is 20.3 Å². The highest BCUT2D eigenvalue weighted by Crippen LogP contribution is 2.23. The zero-order valence-electron chi connectivity index (χ0n) is 8.72. The van der Waals surface area contributed by atoms with Crippen LogP contribution in [0.15, 0.2) is 24.3 Å². The van der Waals surface area contributed by atoms with Crippen LogP contribution in [0.2, 0.25) is 0 Å². The number of nitrogens with one attached hydrogen (secondary N) is 1. The Labute approximate surface area is 92.7 Å². The molecule has 0 radical (unpaired) electrons. The third-order valence-corrected chi connectivity index (χ3v) is 2.78. The summed E-state index contributed by atoms with van der Waals surface area (Å²) >= 11 is 0. The molecule has 82 valence electrons. The molecule has 3 rings (SSSR count). The molecule has 1 aliphatic rings. The molecule has 0 fully saturated rings. The van der Waals surface area contributed by atoms with Gasteiger partial charge >= 0.3 is 0 Å². The van der Waals surface area contributed by atoms with Crippen molar-refractivity contribution in [3.05, 3.63) is 35.7 Å². The van der Waals surface area contributed by atoms with Crippen LogP contribution in [-0.2, 0) is 13.0 Å². The molecular weight excluding hydrogens is 204 g/mol. The average molecular weight is 216 g/mol. The minimum Gasteiger partial charge on any atom is -0.506 e. The lowest BCUT2D eigenvalue weighted by Crippen LogP contribution is -2.24. The number of nitrogens with zero attached hydrogens (tertiary/aromatic N) is 3. The summed E-state index contributed by atoms with van der Waals surface area (Å²) in [4.78, 5) is 0. The number of para-hydroxylation sites is 2. The molecule has 1 aromatic carbocycles. The second-order valence-electron chi connectivity index (χ2n) is 3.81. The number of rotatable bonds is 1. The van der Waals surface area contributed by atoms with Crippen LogP contribution in [0, 0.1) is 0 Å². The molecule has 2 N–H and O–H groups in total. The Morgan fingerprint density at radius 3 is 3.06 bits per heavy atom. The standard InChI is InChI=1S/C11H12N4O/c16-11-4-2-1-3-10(11)15-9-5-6-12-7-8(9)13-14-15/h1-4,12,16H,5-7H2. The second kappa shape index (κ2) is 3.61. The van der Waals surface area contributed by atoms with E-state index in [1.54, 1.807) is 16.8 Å². The van der Waals surface area contributed by atoms with Crippen molar-refractivity contribution >= 4 is 0 Å². The fourth-order valence-electron chi connectivity index (χ4n) is 1.97. The lowest BCUT2D eigenvalue weighted by atomic mass is 10.1. The Balaban J connectivity index is 2.13. The van der Waals surface area contributed by atoms with Gasteiger partial charge in [0.1, 0.15) is 17.1 Å². The van der Waals surface area contributed by atoms with Crippen LogP contribution in [-0.4, -0.2) is 26.6 Å². The smallest absolute Gasteiger partial charge is 0.141 e. The van der Waals surface area contributed by atoms with Crippen LogP contribution in [0.4, 0.5) is 0 Å². The van der Waals surface area contributed by atoms with Gasteiger partial charge in [0.15, 0.2) is 0 Å². The van der Waals surface area contributed by atoms with E-state index in [1.807, 2.05) is 12.1 Å². The van der Waals surface area contributed by atoms with Crippen molar-refractivity contribution in [1.29, 1.82) is 0 Å². The lowest BCUT2D eigenvalue weighted by molar-refractivity contribution is 0.468. The summed E-state index contributed by atoms with van der Waals surface area (Å²) in [6, 6.07) is 7.17. The van der Waals surface area contributed by atoms with E-state index in [0.717, 1.165) is 30.9 Å². The van der Waals surface area contributed by atoms with E-state index in [1.165, 1.54) is 0 Å². The quantitative estimate of drug-likeness (QED) is 0.733. The van der Waals surface area contributed by atoms with Gasteiger partial charge in [-0.05, 0) is 12.1 Å². The van der Waals surface area contributed by atoms with Gasteiger partial charge in [-0.2, -0.15) is 0 Å². The Morgan fingerprint density at radius 2 is 2.19 bits per heavy atom. The number of phenols is 1. The molecule has 5 heteroatoms. The molecule has 0 amide bonds. The van der Waals surface area contributed by atoms with E-state index in [0.29, 0.717) is 5.69 Å². The summed E-state index contributed by atoms with van der Waals surface area (Å²) in [7, 11) is 0. The van der Waals surface area contributed by atoms with Crippen LogP contribution in [0.1, 0.15) is 11.4 Å². The monoisotopic (exact) mass is 216 g/mol. The molecule has 2 aromatic rings. The normalized spacial score (nSPS) is 14.8. The molecule has 5 nitrogen and oxygen atoms in total. The first-order chi connectivity index (χ1) is 7.86. The minimum absolute atomic E-state index is 0.230. The summed E-state index contributed by atoms with van der Waals surface area (Å²) in [5.41, 5.74) is 2.74. The molecule has 1 aliphatic heterocycles. The van der Waals surface area contributed by atoms with E-state index < -0.39 is 0 Å². The van der Waals surface area contributed by atoms with Crippen molar-refractivity contribution in [3.8, 4) is 11.4 Å². The highest BCUT2D eigenvalue weighted by atomic mass is 16.3. The fourth-order valence-corrected chi connectivity index (χ4v) is 1.97. The van der Waals surface area contributed by atoms with E-state index in [4.69, 9.17) is 0 Å². The van der Waals surface area contributed by atoms with E-state index in [9.17, 15) is 5.11 Å². The molecular formula is C11H12N4O. The molecule has 0 saturated carbocycles. The van der Waals surface area contributed by atoms with E-state index in [-0.39, 0.29) is 5.75 Å². The van der Waals surface area contributed by atoms with Gasteiger partial charge in [-0.15, -0.1) is 5.10 Å². The first-order valence-electron chi connectivity index (χ1n) is 5.29. The number of benzene rings is 1. The van der Waals surface area contributed by atoms with Crippen LogP contribution in [0.25, 0.3) is 5.69 Å². The topological polar surface area (TPSA) is 63.0 Å². The van der Waals surface area contributed by atoms with Crippen LogP contribution < -0.4 is 5.32 Å². The highest BCUT2D eigenvalue weighted by molar-refractivity contribution is 5.46. The number of aromatic hydroxyl groups is 1. The molecule has 0 atom stereocenters. The van der Waals surface area contributed by atoms with Gasteiger partial charge in [-0.25, -0.2) is 4.68 Å². The SMILES string of the molecule is Oc1ccccc1-n1nnc2c1CCNC2. The third-order valence-electron chi connectivity index (χ3n) is 2.78. The average Bonchev–Trinajstić information content (AvgIpc) is 2.74. The number of fused-ring (bicyclic) bond motifs is 1. The lowest BCUT2D eigenvalue weighted by Gasteiger charge is -2.13. The predicted molar refractivity (Wildman–Crippen MR) is 58.4 cm³/mol. The molecule has 16 heavy (non-hydrogen) atoms. The van der Waals surface area contributed by atoms with Gasteiger partial charge < -0.3 is 10.4 Å². The zero-order chi connectivity index (χ0) is 11.0. The van der Waals surface area contributed by atoms with Gasteiger partial charge in [0, 0.05) is 19.5 Å². The van der Waals surface area contributed by atoms with Crippen molar-refractivity contribution < 1.29 is 5.11 Å². The van der Waals surface area contributed by atoms with Gasteiger partial charge in [0.2, 0.25) is 0 Å². The van der Waals surface area contributed by atoms with Crippen LogP contribution in [0.5, 0.6) is 5.75 Å². The maximum absolute atomic E-state index is 9.78. The number of aromatic nitrogens is 3. The number of phenolic OH excluding ortho intramolecular Hbond substituents is 1. The van der Waals surface area contributed by atoms with Gasteiger partial charge in [0.25, 0.3) is 0 Å². The summed E-state index contributed by atoms with van der Waals surface area (Å²) in [6.45, 7) is 1.68. The fraction of sp³-hybridized carbons (Fsp3) is 0.273. The largest absolute Gasteiger partial charge is 0.506 e. The van der Waals surface area contributed by atoms with Crippen LogP contribution in [0.3, 0.4) is 0 Å². The Morgan fingerprint density at radius 1 is 1.31 bits per heavy atom. The van der Waals surface area contributed by atoms with Crippen molar-refractivity contribution in [2.24, 2.45) is 0 Å². The zero-order valence-corrected chi connectivity index (χ0v) is 8.72. The summed E-state index contributed by atoms with van der Waals surface area (Å²) in [6.07, 6.45) is 0.886. The molecule has 0 saturated heterocycles. The minimum atomic E-state index is 0.230. The summed E-state index contributed by atoms with van der Waals surface area (Å²) in [5.74, 6) is 0.230. The molecule has 1 aromatic heterocycles. The molecule has 0 aliphatic carbocycles. The first kappa shape index (κ1) is 9.35. The van der Waals surface area contributed by atoms with Gasteiger partial charge in [-0.3, -0.25) is 0 Å². The Kier molecular flexibility index (Phi) is 2.11. The summed E-state index contributed by atoms with van der Waals surface area (Å²) in [5, 5.41) is 21.2. The molecule has 2 heterocycles. The van der Waals surface area contributed by atoms with Crippen molar-refractivity contribution in [2.45, 2.75) is 13.0 Å². The van der Waals surface area contributed by atoms with Crippen molar-refractivity contribution in [2.75, 3.05) is 6.54 Å². The molecule has 0 unspecified atom stereocenters. The Hall–Kier alpha value is -1.88. The van der Waals surface area contributed by atoms with E-state index >= 15 is 0 Å². The molecule has 0 bridgehead atoms. The van der Waals surface area contributed by atoms with Gasteiger partial charge in [0.05, 0.1) is 5.69 Å². The van der Waals surface area contributed by atoms with E-state index in [2.05, 4.69) is 15.6 Å². The maximum Gasteiger partial charge on any atom is 0.141 e. The first-order valence-corrected chi connectivity index (χ1v) is 5.29. The Bertz CT molecular complexity index is 520. The third kappa shape index (κ3) is 1.37. The maximum atomic E-state index is 9.78. The molecule has 0 spiro atoms. The van der Waals surface area contributed by atoms with Crippen molar-refractivity contribution in [3.63, 3.8) is 0 Å². The van der Waals surface area contributed by atoms with Crippen LogP contribution >= 0.6 is 0 Å². The summed E-state index contributed by atoms with van der Waals surface area (Å²) < 4.78 is 1.73. The number of hydrogen-bond donors (Lipinski definition) is 2. The highest BCUT2D eigenvalue weighted by Gasteiger charge is 2.18. The predicted octanol–water partition coefficient (Wildman–Crippen LogP) is 0.619.